The number of hydrogen-bond donors (Lipinski definition) is 5. The molecule has 4 unspecified atom stereocenters. The molecule has 1 heterocycles. The topological polar surface area (TPSA) is 134 Å². The van der Waals surface area contributed by atoms with Gasteiger partial charge in [-0.05, 0) is 131 Å². The Kier molecular flexibility index (Phi) is 12.9. The first-order valence-corrected chi connectivity index (χ1v) is 19.6. The number of carbonyl (C=O) groups excluding carboxylic acids is 1. The molecule has 2 aromatic carbocycles. The highest BCUT2D eigenvalue weighted by molar-refractivity contribution is 5.97. The van der Waals surface area contributed by atoms with Gasteiger partial charge in [0.05, 0.1) is 18.9 Å². The number of benzene rings is 2. The molecule has 6 rings (SSSR count). The van der Waals surface area contributed by atoms with Gasteiger partial charge in [-0.2, -0.15) is 0 Å². The maximum absolute atomic E-state index is 14.2. The van der Waals surface area contributed by atoms with Crippen molar-refractivity contribution in [3.63, 3.8) is 0 Å². The summed E-state index contributed by atoms with van der Waals surface area (Å²) < 4.78 is 18.4. The number of ketones is 1. The van der Waals surface area contributed by atoms with Crippen molar-refractivity contribution < 1.29 is 29.2 Å². The molecule has 10 nitrogen and oxygen atoms in total. The number of fused-ring (bicyclic) bond motifs is 3. The van der Waals surface area contributed by atoms with E-state index < -0.39 is 11.0 Å². The molecule has 0 aromatic heterocycles. The SMILES string of the molecule is CN=C1NC#CCC2CCCC2(Cc2ccc(O)c(OC)c2)C(=O)C=CCCc2cc(c(O)c(OC3(CNC)CCC(CCOC4CCCC4)C3)c2)N1. The molecule has 3 fully saturated rings. The molecule has 0 radical (unpaired) electrons. The lowest BCUT2D eigenvalue weighted by atomic mass is 9.69. The van der Waals surface area contributed by atoms with Gasteiger partial charge < -0.3 is 35.1 Å². The summed E-state index contributed by atoms with van der Waals surface area (Å²) in [4.78, 5) is 18.6. The molecule has 1 aliphatic heterocycles. The molecular formula is C43H58N4O6. The fourth-order valence-corrected chi connectivity index (χ4v) is 9.16. The Bertz CT molecular complexity index is 1710. The van der Waals surface area contributed by atoms with Gasteiger partial charge in [-0.3, -0.25) is 15.1 Å². The summed E-state index contributed by atoms with van der Waals surface area (Å²) >= 11 is 0. The number of anilines is 1. The number of guanidine groups is 1. The fourth-order valence-electron chi connectivity index (χ4n) is 9.16. The highest BCUT2D eigenvalue weighted by Crippen LogP contribution is 2.49. The van der Waals surface area contributed by atoms with Crippen molar-refractivity contribution in [3.8, 4) is 35.0 Å². The van der Waals surface area contributed by atoms with E-state index in [0.717, 1.165) is 62.7 Å². The van der Waals surface area contributed by atoms with E-state index in [2.05, 4.69) is 32.9 Å². The lowest BCUT2D eigenvalue weighted by Crippen LogP contribution is -2.42. The molecule has 4 atom stereocenters. The monoisotopic (exact) mass is 726 g/mol. The van der Waals surface area contributed by atoms with Crippen LogP contribution in [0.15, 0.2) is 47.5 Å². The van der Waals surface area contributed by atoms with Crippen molar-refractivity contribution in [2.24, 2.45) is 22.2 Å². The number of carbonyl (C=O) groups is 1. The molecule has 3 saturated carbocycles. The predicted molar refractivity (Wildman–Crippen MR) is 209 cm³/mol. The van der Waals surface area contributed by atoms with E-state index in [9.17, 15) is 15.0 Å². The predicted octanol–water partition coefficient (Wildman–Crippen LogP) is 7.03. The van der Waals surface area contributed by atoms with E-state index in [1.54, 1.807) is 19.2 Å². The maximum Gasteiger partial charge on any atom is 0.207 e. The van der Waals surface area contributed by atoms with Crippen LogP contribution in [0.2, 0.25) is 0 Å². The van der Waals surface area contributed by atoms with Crippen molar-refractivity contribution in [1.29, 1.82) is 0 Å². The van der Waals surface area contributed by atoms with Crippen LogP contribution in [0, 0.1) is 29.2 Å². The van der Waals surface area contributed by atoms with Gasteiger partial charge in [0, 0.05) is 38.1 Å². The van der Waals surface area contributed by atoms with Crippen LogP contribution >= 0.6 is 0 Å². The summed E-state index contributed by atoms with van der Waals surface area (Å²) in [6, 6.07) is 12.3. The van der Waals surface area contributed by atoms with Gasteiger partial charge in [0.15, 0.2) is 28.8 Å². The molecule has 0 amide bonds. The van der Waals surface area contributed by atoms with Gasteiger partial charge in [-0.15, -0.1) is 0 Å². The van der Waals surface area contributed by atoms with Crippen LogP contribution in [-0.4, -0.2) is 68.0 Å². The minimum atomic E-state index is -0.611. The number of phenols is 2. The minimum Gasteiger partial charge on any atom is -0.504 e. The summed E-state index contributed by atoms with van der Waals surface area (Å²) in [5.41, 5.74) is 1.33. The van der Waals surface area contributed by atoms with Crippen molar-refractivity contribution >= 4 is 17.4 Å². The van der Waals surface area contributed by atoms with Crippen LogP contribution in [0.3, 0.4) is 0 Å². The average Bonchev–Trinajstić information content (AvgIpc) is 3.92. The van der Waals surface area contributed by atoms with Gasteiger partial charge in [-0.25, -0.2) is 0 Å². The van der Waals surface area contributed by atoms with E-state index in [0.29, 0.717) is 67.4 Å². The fraction of sp³-hybridized carbons (Fsp3) is 0.581. The maximum atomic E-state index is 14.2. The number of ether oxygens (including phenoxy) is 3. The molecule has 286 valence electrons. The van der Waals surface area contributed by atoms with Crippen molar-refractivity contribution in [2.75, 3.05) is 39.7 Å². The molecule has 4 aliphatic rings. The summed E-state index contributed by atoms with van der Waals surface area (Å²) in [5, 5.41) is 31.6. The van der Waals surface area contributed by atoms with E-state index in [1.807, 2.05) is 37.4 Å². The molecule has 10 heteroatoms. The summed E-state index contributed by atoms with van der Waals surface area (Å²) in [6.07, 6.45) is 17.9. The van der Waals surface area contributed by atoms with E-state index in [-0.39, 0.29) is 23.2 Å². The van der Waals surface area contributed by atoms with Crippen LogP contribution < -0.4 is 25.4 Å². The zero-order valence-electron chi connectivity index (χ0n) is 31.8. The van der Waals surface area contributed by atoms with Gasteiger partial charge in [-0.1, -0.05) is 37.3 Å². The number of hydrogen-bond acceptors (Lipinski definition) is 8. The third-order valence-electron chi connectivity index (χ3n) is 12.0. The van der Waals surface area contributed by atoms with Gasteiger partial charge >= 0.3 is 0 Å². The molecule has 5 N–H and O–H groups in total. The van der Waals surface area contributed by atoms with Crippen LogP contribution in [0.4, 0.5) is 5.69 Å². The molecule has 2 aromatic rings. The standard InChI is InChI=1S/C43H58N4O6/c1-44-29-42(21-18-30(27-42)19-23-52-34-13-5-6-14-34)53-38-25-31-10-4-7-15-39(49)43(28-32-16-17-36(48)37(26-32)51-3)20-8-11-33(43)12-9-22-46-41(45-2)47-35(24-31)40(38)50/h7,15-17,24-26,30,33-34,44,48,50H,4-6,8,10-14,18-21,23,27-29H2,1-3H3,(H2,45,46,47). The molecule has 0 saturated heterocycles. The molecule has 0 spiro atoms. The Morgan fingerprint density at radius 1 is 1.06 bits per heavy atom. The quantitative estimate of drug-likeness (QED) is 0.122. The summed E-state index contributed by atoms with van der Waals surface area (Å²) in [5.74, 6) is 5.29. The number of likely N-dealkylation sites (N-methyl/N-ethyl adjacent to an activating group) is 1. The van der Waals surface area contributed by atoms with Crippen LogP contribution in [0.1, 0.15) is 94.6 Å². The number of phenolic OH excluding ortho intramolecular Hbond substituents is 2. The molecule has 3 aliphatic carbocycles. The average molecular weight is 727 g/mol. The Labute approximate surface area is 315 Å². The lowest BCUT2D eigenvalue weighted by Gasteiger charge is -2.33. The number of nitrogens with one attached hydrogen (secondary N) is 3. The Morgan fingerprint density at radius 3 is 2.70 bits per heavy atom. The van der Waals surface area contributed by atoms with Gasteiger partial charge in [0.2, 0.25) is 5.96 Å². The number of nitrogens with zero attached hydrogens (tertiary/aromatic N) is 1. The van der Waals surface area contributed by atoms with Crippen molar-refractivity contribution in [1.82, 2.24) is 10.6 Å². The smallest absolute Gasteiger partial charge is 0.207 e. The van der Waals surface area contributed by atoms with Crippen molar-refractivity contribution in [3.05, 3.63) is 53.6 Å². The second-order valence-corrected chi connectivity index (χ2v) is 15.5. The minimum absolute atomic E-state index is 0.0293. The largest absolute Gasteiger partial charge is 0.504 e. The summed E-state index contributed by atoms with van der Waals surface area (Å²) in [6.45, 7) is 1.46. The zero-order chi connectivity index (χ0) is 37.3. The van der Waals surface area contributed by atoms with Crippen LogP contribution in [-0.2, 0) is 22.4 Å². The summed E-state index contributed by atoms with van der Waals surface area (Å²) in [7, 11) is 5.15. The highest BCUT2D eigenvalue weighted by Gasteiger charge is 2.47. The third-order valence-corrected chi connectivity index (χ3v) is 12.0. The van der Waals surface area contributed by atoms with Crippen LogP contribution in [0.5, 0.6) is 23.0 Å². The third kappa shape index (κ3) is 9.31. The van der Waals surface area contributed by atoms with E-state index in [4.69, 9.17) is 14.2 Å². The Hall–Kier alpha value is -4.20. The number of aromatic hydroxyl groups is 2. The Morgan fingerprint density at radius 2 is 1.91 bits per heavy atom. The molecule has 2 bridgehead atoms. The molecule has 53 heavy (non-hydrogen) atoms. The zero-order valence-corrected chi connectivity index (χ0v) is 31.8. The lowest BCUT2D eigenvalue weighted by molar-refractivity contribution is -0.125. The second kappa shape index (κ2) is 17.7. The first-order chi connectivity index (χ1) is 25.8. The van der Waals surface area contributed by atoms with E-state index >= 15 is 0 Å². The number of rotatable bonds is 11. The normalized spacial score (nSPS) is 27.2. The first-order valence-electron chi connectivity index (χ1n) is 19.6. The first kappa shape index (κ1) is 38.5. The molecular weight excluding hydrogens is 668 g/mol. The number of aryl methyl sites for hydroxylation is 1. The number of allylic oxidation sites excluding steroid dienone is 2. The number of methoxy groups -OCH3 is 1. The number of aliphatic imine (C=N–C) groups is 1. The van der Waals surface area contributed by atoms with Crippen molar-refractivity contribution in [2.45, 2.75) is 108 Å². The van der Waals surface area contributed by atoms with Crippen LogP contribution in [0.25, 0.3) is 0 Å². The highest BCUT2D eigenvalue weighted by atomic mass is 16.5. The van der Waals surface area contributed by atoms with Gasteiger partial charge in [0.25, 0.3) is 0 Å². The van der Waals surface area contributed by atoms with Gasteiger partial charge in [0.1, 0.15) is 5.60 Å². The Balaban J connectivity index is 1.23. The second-order valence-electron chi connectivity index (χ2n) is 15.5. The van der Waals surface area contributed by atoms with E-state index in [1.165, 1.54) is 32.8 Å².